The summed E-state index contributed by atoms with van der Waals surface area (Å²) in [7, 11) is -3.46. The van der Waals surface area contributed by atoms with Gasteiger partial charge in [-0.05, 0) is 18.8 Å². The van der Waals surface area contributed by atoms with Crippen molar-refractivity contribution in [1.29, 1.82) is 0 Å². The summed E-state index contributed by atoms with van der Waals surface area (Å²) in [5.74, 6) is -0.748. The minimum Gasteiger partial charge on any atom is -0.272 e. The van der Waals surface area contributed by atoms with E-state index in [1.165, 1.54) is 17.1 Å². The SMILES string of the molecule is NS(=O)(=O)CC1CC(N2C(=O)C=CC2=O)C1. The zero-order chi connectivity index (χ0) is 11.9. The van der Waals surface area contributed by atoms with Gasteiger partial charge in [-0.15, -0.1) is 0 Å². The Morgan fingerprint density at radius 3 is 2.19 bits per heavy atom. The highest BCUT2D eigenvalue weighted by molar-refractivity contribution is 7.89. The van der Waals surface area contributed by atoms with Crippen molar-refractivity contribution in [3.8, 4) is 0 Å². The first-order valence-electron chi connectivity index (χ1n) is 4.92. The Kier molecular flexibility index (Phi) is 2.59. The Morgan fingerprint density at radius 1 is 1.25 bits per heavy atom. The Morgan fingerprint density at radius 2 is 1.75 bits per heavy atom. The third-order valence-electron chi connectivity index (χ3n) is 2.89. The van der Waals surface area contributed by atoms with Crippen LogP contribution in [0.2, 0.25) is 0 Å². The first-order chi connectivity index (χ1) is 7.37. The van der Waals surface area contributed by atoms with Crippen molar-refractivity contribution in [3.05, 3.63) is 12.2 Å². The zero-order valence-electron chi connectivity index (χ0n) is 8.50. The first kappa shape index (κ1) is 11.3. The molecular formula is C9H12N2O4S. The molecule has 0 unspecified atom stereocenters. The maximum atomic E-state index is 11.3. The van der Waals surface area contributed by atoms with Gasteiger partial charge in [-0.3, -0.25) is 14.5 Å². The summed E-state index contributed by atoms with van der Waals surface area (Å²) in [4.78, 5) is 23.8. The van der Waals surface area contributed by atoms with E-state index in [1.54, 1.807) is 0 Å². The fraction of sp³-hybridized carbons (Fsp3) is 0.556. The van der Waals surface area contributed by atoms with E-state index in [-0.39, 0.29) is 29.5 Å². The Hall–Kier alpha value is -1.21. The standard InChI is InChI=1S/C9H12N2O4S/c10-16(14,15)5-6-3-7(4-6)11-8(12)1-2-9(11)13/h1-2,6-7H,3-5H2,(H2,10,14,15). The number of nitrogens with zero attached hydrogens (tertiary/aromatic N) is 1. The first-order valence-corrected chi connectivity index (χ1v) is 6.64. The second-order valence-corrected chi connectivity index (χ2v) is 5.86. The van der Waals surface area contributed by atoms with E-state index in [2.05, 4.69) is 0 Å². The van der Waals surface area contributed by atoms with Crippen LogP contribution in [0.15, 0.2) is 12.2 Å². The van der Waals surface area contributed by atoms with Crippen molar-refractivity contribution in [1.82, 2.24) is 4.90 Å². The van der Waals surface area contributed by atoms with Crippen LogP contribution in [0, 0.1) is 5.92 Å². The van der Waals surface area contributed by atoms with E-state index < -0.39 is 10.0 Å². The van der Waals surface area contributed by atoms with Gasteiger partial charge in [-0.25, -0.2) is 13.6 Å². The molecule has 16 heavy (non-hydrogen) atoms. The molecule has 0 spiro atoms. The topological polar surface area (TPSA) is 97.5 Å². The minimum absolute atomic E-state index is 0.0406. The van der Waals surface area contributed by atoms with Gasteiger partial charge >= 0.3 is 0 Å². The number of nitrogens with two attached hydrogens (primary N) is 1. The average Bonchev–Trinajstić information content (AvgIpc) is 2.38. The molecule has 1 saturated carbocycles. The lowest BCUT2D eigenvalue weighted by atomic mass is 9.80. The number of sulfonamides is 1. The fourth-order valence-corrected chi connectivity index (χ4v) is 3.08. The van der Waals surface area contributed by atoms with Gasteiger partial charge in [0.25, 0.3) is 11.8 Å². The summed E-state index contributed by atoms with van der Waals surface area (Å²) in [6.07, 6.45) is 3.51. The van der Waals surface area contributed by atoms with E-state index in [1.807, 2.05) is 0 Å². The van der Waals surface area contributed by atoms with Gasteiger partial charge in [0, 0.05) is 18.2 Å². The summed E-state index contributed by atoms with van der Waals surface area (Å²) in [5.41, 5.74) is 0. The second kappa shape index (κ2) is 3.67. The zero-order valence-corrected chi connectivity index (χ0v) is 9.31. The van der Waals surface area contributed by atoms with Crippen LogP contribution >= 0.6 is 0 Å². The normalized spacial score (nSPS) is 29.7. The van der Waals surface area contributed by atoms with Gasteiger partial charge in [0.1, 0.15) is 0 Å². The molecule has 1 heterocycles. The monoisotopic (exact) mass is 244 g/mol. The largest absolute Gasteiger partial charge is 0.272 e. The van der Waals surface area contributed by atoms with Crippen LogP contribution in [0.4, 0.5) is 0 Å². The molecule has 88 valence electrons. The lowest BCUT2D eigenvalue weighted by Crippen LogP contribution is -2.49. The molecule has 2 amide bonds. The number of primary sulfonamides is 1. The number of hydrogen-bond acceptors (Lipinski definition) is 4. The molecule has 0 aromatic carbocycles. The number of hydrogen-bond donors (Lipinski definition) is 1. The van der Waals surface area contributed by atoms with Crippen LogP contribution < -0.4 is 5.14 Å². The molecule has 1 fully saturated rings. The van der Waals surface area contributed by atoms with Gasteiger partial charge in [0.2, 0.25) is 10.0 Å². The smallest absolute Gasteiger partial charge is 0.253 e. The fourth-order valence-electron chi connectivity index (χ4n) is 2.15. The van der Waals surface area contributed by atoms with Gasteiger partial charge < -0.3 is 0 Å². The highest BCUT2D eigenvalue weighted by Gasteiger charge is 2.40. The minimum atomic E-state index is -3.46. The summed E-state index contributed by atoms with van der Waals surface area (Å²) in [6, 6.07) is -0.165. The van der Waals surface area contributed by atoms with Crippen LogP contribution in [0.5, 0.6) is 0 Å². The van der Waals surface area contributed by atoms with E-state index >= 15 is 0 Å². The van der Waals surface area contributed by atoms with Crippen molar-refractivity contribution < 1.29 is 18.0 Å². The molecule has 0 bridgehead atoms. The van der Waals surface area contributed by atoms with Crippen molar-refractivity contribution >= 4 is 21.8 Å². The summed E-state index contributed by atoms with van der Waals surface area (Å²) >= 11 is 0. The van der Waals surface area contributed by atoms with Crippen LogP contribution in [0.3, 0.4) is 0 Å². The molecule has 2 rings (SSSR count). The summed E-state index contributed by atoms with van der Waals surface area (Å²) in [6.45, 7) is 0. The van der Waals surface area contributed by atoms with Gasteiger partial charge in [-0.2, -0.15) is 0 Å². The lowest BCUT2D eigenvalue weighted by molar-refractivity contribution is -0.142. The molecule has 0 saturated heterocycles. The third kappa shape index (κ3) is 2.14. The second-order valence-electron chi connectivity index (χ2n) is 4.20. The average molecular weight is 244 g/mol. The molecule has 0 atom stereocenters. The highest BCUT2D eigenvalue weighted by Crippen LogP contribution is 2.33. The molecule has 0 aromatic heterocycles. The molecule has 0 aromatic rings. The van der Waals surface area contributed by atoms with Crippen molar-refractivity contribution in [2.24, 2.45) is 11.1 Å². The van der Waals surface area contributed by atoms with Crippen LogP contribution in [0.1, 0.15) is 12.8 Å². The van der Waals surface area contributed by atoms with E-state index in [4.69, 9.17) is 5.14 Å². The predicted molar refractivity (Wildman–Crippen MR) is 55.5 cm³/mol. The highest BCUT2D eigenvalue weighted by atomic mass is 32.2. The van der Waals surface area contributed by atoms with Crippen molar-refractivity contribution in [2.75, 3.05) is 5.75 Å². The van der Waals surface area contributed by atoms with E-state index in [9.17, 15) is 18.0 Å². The van der Waals surface area contributed by atoms with Crippen LogP contribution in [0.25, 0.3) is 0 Å². The maximum Gasteiger partial charge on any atom is 0.253 e. The van der Waals surface area contributed by atoms with Crippen LogP contribution in [-0.2, 0) is 19.6 Å². The maximum absolute atomic E-state index is 11.3. The number of amides is 2. The molecule has 6 nitrogen and oxygen atoms in total. The summed E-state index contributed by atoms with van der Waals surface area (Å²) in [5, 5.41) is 4.91. The third-order valence-corrected chi connectivity index (χ3v) is 3.82. The number of rotatable bonds is 3. The van der Waals surface area contributed by atoms with Gasteiger partial charge in [0.15, 0.2) is 0 Å². The Balaban J connectivity index is 1.90. The molecule has 7 heteroatoms. The molecular weight excluding hydrogens is 232 g/mol. The van der Waals surface area contributed by atoms with E-state index in [0.29, 0.717) is 12.8 Å². The quantitative estimate of drug-likeness (QED) is 0.642. The Bertz CT molecular complexity index is 444. The van der Waals surface area contributed by atoms with Crippen molar-refractivity contribution in [2.45, 2.75) is 18.9 Å². The predicted octanol–water partition coefficient (Wildman–Crippen LogP) is -1.02. The number of carbonyl (C=O) groups is 2. The lowest BCUT2D eigenvalue weighted by Gasteiger charge is -2.39. The van der Waals surface area contributed by atoms with Gasteiger partial charge in [0.05, 0.1) is 5.75 Å². The number of carbonyl (C=O) groups excluding carboxylic acids is 2. The van der Waals surface area contributed by atoms with Crippen molar-refractivity contribution in [3.63, 3.8) is 0 Å². The van der Waals surface area contributed by atoms with Crippen LogP contribution in [-0.4, -0.2) is 36.9 Å². The molecule has 0 radical (unpaired) electrons. The summed E-state index contributed by atoms with van der Waals surface area (Å²) < 4.78 is 21.6. The molecule has 1 aliphatic carbocycles. The van der Waals surface area contributed by atoms with E-state index in [0.717, 1.165) is 0 Å². The number of imide groups is 1. The molecule has 2 N–H and O–H groups in total. The van der Waals surface area contributed by atoms with Gasteiger partial charge in [-0.1, -0.05) is 0 Å². The molecule has 1 aliphatic heterocycles. The Labute approximate surface area is 93.1 Å². The molecule has 2 aliphatic rings.